The van der Waals surface area contributed by atoms with Gasteiger partial charge in [0.05, 0.1) is 13.2 Å². The van der Waals surface area contributed by atoms with Crippen molar-refractivity contribution in [1.29, 1.82) is 0 Å². The topological polar surface area (TPSA) is 44.8 Å². The van der Waals surface area contributed by atoms with Crippen molar-refractivity contribution in [2.45, 2.75) is 45.3 Å². The molecular weight excluding hydrogens is 386 g/mol. The second kappa shape index (κ2) is 11.4. The highest BCUT2D eigenvalue weighted by atomic mass is 16.5. The molecule has 0 aromatic heterocycles. The maximum atomic E-state index is 12.5. The summed E-state index contributed by atoms with van der Waals surface area (Å²) in [6.07, 6.45) is 5.37. The second-order valence-corrected chi connectivity index (χ2v) is 8.77. The lowest BCUT2D eigenvalue weighted by molar-refractivity contribution is 0.0342. The second-order valence-electron chi connectivity index (χ2n) is 8.77. The summed E-state index contributed by atoms with van der Waals surface area (Å²) in [5.74, 6) is -0.0217. The van der Waals surface area contributed by atoms with Crippen LogP contribution in [0.5, 0.6) is 0 Å². The van der Waals surface area contributed by atoms with Crippen LogP contribution in [-0.2, 0) is 24.4 Å². The van der Waals surface area contributed by atoms with Gasteiger partial charge in [-0.3, -0.25) is 14.6 Å². The van der Waals surface area contributed by atoms with Crippen molar-refractivity contribution in [3.63, 3.8) is 0 Å². The third kappa shape index (κ3) is 6.89. The molecular formula is C26H35N3O2. The first kappa shape index (κ1) is 22.0. The predicted molar refractivity (Wildman–Crippen MR) is 124 cm³/mol. The number of morpholine rings is 1. The van der Waals surface area contributed by atoms with E-state index in [2.05, 4.69) is 51.5 Å². The van der Waals surface area contributed by atoms with E-state index in [1.807, 2.05) is 12.1 Å². The molecule has 0 bridgehead atoms. The first-order chi connectivity index (χ1) is 15.3. The molecule has 2 saturated heterocycles. The van der Waals surface area contributed by atoms with Gasteiger partial charge in [-0.15, -0.1) is 0 Å². The number of carbonyl (C=O) groups excluding carboxylic acids is 1. The van der Waals surface area contributed by atoms with Gasteiger partial charge in [0, 0.05) is 38.3 Å². The zero-order valence-corrected chi connectivity index (χ0v) is 18.5. The van der Waals surface area contributed by atoms with Crippen molar-refractivity contribution in [2.75, 3.05) is 39.4 Å². The Morgan fingerprint density at radius 2 is 1.23 bits per heavy atom. The molecule has 0 spiro atoms. The molecule has 166 valence electrons. The molecule has 2 aromatic rings. The van der Waals surface area contributed by atoms with Crippen molar-refractivity contribution in [3.05, 3.63) is 70.8 Å². The van der Waals surface area contributed by atoms with Gasteiger partial charge in [0.25, 0.3) is 5.91 Å². The third-order valence-corrected chi connectivity index (χ3v) is 6.31. The fourth-order valence-corrected chi connectivity index (χ4v) is 4.38. The van der Waals surface area contributed by atoms with E-state index in [0.29, 0.717) is 12.1 Å². The average molecular weight is 422 g/mol. The molecule has 0 unspecified atom stereocenters. The molecule has 0 saturated carbocycles. The maximum Gasteiger partial charge on any atom is 0.251 e. The van der Waals surface area contributed by atoms with E-state index < -0.39 is 0 Å². The smallest absolute Gasteiger partial charge is 0.251 e. The summed E-state index contributed by atoms with van der Waals surface area (Å²) in [5.41, 5.74) is 4.44. The molecule has 2 fully saturated rings. The minimum Gasteiger partial charge on any atom is -0.379 e. The van der Waals surface area contributed by atoms with Crippen molar-refractivity contribution in [3.8, 4) is 0 Å². The van der Waals surface area contributed by atoms with Crippen molar-refractivity contribution < 1.29 is 9.53 Å². The zero-order valence-electron chi connectivity index (χ0n) is 18.5. The Labute approximate surface area is 186 Å². The number of nitrogens with zero attached hydrogens (tertiary/aromatic N) is 2. The molecule has 2 aliphatic heterocycles. The van der Waals surface area contributed by atoms with E-state index in [-0.39, 0.29) is 5.91 Å². The summed E-state index contributed by atoms with van der Waals surface area (Å²) < 4.78 is 5.40. The number of carbonyl (C=O) groups is 1. The van der Waals surface area contributed by atoms with Gasteiger partial charge in [0.15, 0.2) is 0 Å². The van der Waals surface area contributed by atoms with Crippen LogP contribution in [0.2, 0.25) is 0 Å². The summed E-state index contributed by atoms with van der Waals surface area (Å²) in [6, 6.07) is 16.6. The van der Waals surface area contributed by atoms with Crippen molar-refractivity contribution >= 4 is 5.91 Å². The summed E-state index contributed by atoms with van der Waals surface area (Å²) in [6.45, 7) is 8.47. The molecule has 2 aromatic carbocycles. The molecule has 0 radical (unpaired) electrons. The van der Waals surface area contributed by atoms with Crippen LogP contribution >= 0.6 is 0 Å². The molecule has 4 rings (SSSR count). The molecule has 2 aliphatic rings. The van der Waals surface area contributed by atoms with Gasteiger partial charge < -0.3 is 10.1 Å². The number of rotatable bonds is 7. The Kier molecular flexibility index (Phi) is 8.11. The number of hydrogen-bond acceptors (Lipinski definition) is 4. The highest BCUT2D eigenvalue weighted by Gasteiger charge is 2.12. The van der Waals surface area contributed by atoms with Crippen LogP contribution < -0.4 is 5.32 Å². The maximum absolute atomic E-state index is 12.5. The first-order valence-corrected chi connectivity index (χ1v) is 11.7. The molecule has 1 N–H and O–H groups in total. The van der Waals surface area contributed by atoms with Gasteiger partial charge >= 0.3 is 0 Å². The number of benzene rings is 2. The van der Waals surface area contributed by atoms with Gasteiger partial charge in [0.2, 0.25) is 0 Å². The monoisotopic (exact) mass is 421 g/mol. The van der Waals surface area contributed by atoms with Crippen LogP contribution in [0.15, 0.2) is 48.5 Å². The summed E-state index contributed by atoms with van der Waals surface area (Å²) in [5, 5.41) is 3.05. The molecule has 5 nitrogen and oxygen atoms in total. The molecule has 2 heterocycles. The minimum atomic E-state index is -0.0217. The number of ether oxygens (including phenoxy) is 1. The average Bonchev–Trinajstić information content (AvgIpc) is 3.08. The minimum absolute atomic E-state index is 0.0217. The Balaban J connectivity index is 1.23. The summed E-state index contributed by atoms with van der Waals surface area (Å²) >= 11 is 0. The lowest BCUT2D eigenvalue weighted by atomic mass is 10.1. The summed E-state index contributed by atoms with van der Waals surface area (Å²) in [7, 11) is 0. The van der Waals surface area contributed by atoms with E-state index in [1.165, 1.54) is 49.9 Å². The van der Waals surface area contributed by atoms with Crippen LogP contribution in [0.1, 0.15) is 52.7 Å². The molecule has 0 atom stereocenters. The van der Waals surface area contributed by atoms with Gasteiger partial charge in [-0.25, -0.2) is 0 Å². The number of likely N-dealkylation sites (tertiary alicyclic amines) is 1. The zero-order chi connectivity index (χ0) is 21.3. The lowest BCUT2D eigenvalue weighted by Gasteiger charge is -2.26. The highest BCUT2D eigenvalue weighted by Crippen LogP contribution is 2.14. The standard InChI is InChI=1S/C26H35N3O2/c30-26(25-11-9-24(10-12-25)21-29-15-17-31-18-16-29)27-19-22-5-7-23(8-6-22)20-28-13-3-1-2-4-14-28/h5-12H,1-4,13-21H2,(H,27,30). The molecule has 5 heteroatoms. The quantitative estimate of drug-likeness (QED) is 0.738. The molecule has 1 amide bonds. The molecule has 31 heavy (non-hydrogen) atoms. The Bertz CT molecular complexity index is 806. The van der Waals surface area contributed by atoms with Crippen LogP contribution in [0.25, 0.3) is 0 Å². The summed E-state index contributed by atoms with van der Waals surface area (Å²) in [4.78, 5) is 17.5. The van der Waals surface area contributed by atoms with Gasteiger partial charge in [-0.1, -0.05) is 49.2 Å². The number of amides is 1. The van der Waals surface area contributed by atoms with E-state index >= 15 is 0 Å². The highest BCUT2D eigenvalue weighted by molar-refractivity contribution is 5.94. The molecule has 0 aliphatic carbocycles. The van der Waals surface area contributed by atoms with Crippen LogP contribution in [0, 0.1) is 0 Å². The lowest BCUT2D eigenvalue weighted by Crippen LogP contribution is -2.35. The number of hydrogen-bond donors (Lipinski definition) is 1. The largest absolute Gasteiger partial charge is 0.379 e. The Morgan fingerprint density at radius 3 is 1.84 bits per heavy atom. The third-order valence-electron chi connectivity index (χ3n) is 6.31. The van der Waals surface area contributed by atoms with Gasteiger partial charge in [-0.05, 0) is 54.8 Å². The van der Waals surface area contributed by atoms with Crippen LogP contribution in [0.4, 0.5) is 0 Å². The van der Waals surface area contributed by atoms with Gasteiger partial charge in [-0.2, -0.15) is 0 Å². The normalized spacial score (nSPS) is 18.5. The van der Waals surface area contributed by atoms with Crippen molar-refractivity contribution in [2.24, 2.45) is 0 Å². The van der Waals surface area contributed by atoms with E-state index in [1.54, 1.807) is 0 Å². The van der Waals surface area contributed by atoms with E-state index in [4.69, 9.17) is 4.74 Å². The fraction of sp³-hybridized carbons (Fsp3) is 0.500. The van der Waals surface area contributed by atoms with E-state index in [9.17, 15) is 4.79 Å². The Hall–Kier alpha value is -2.21. The SMILES string of the molecule is O=C(NCc1ccc(CN2CCCCCC2)cc1)c1ccc(CN2CCOCC2)cc1. The van der Waals surface area contributed by atoms with Crippen LogP contribution in [-0.4, -0.2) is 55.1 Å². The van der Waals surface area contributed by atoms with E-state index in [0.717, 1.165) is 45.0 Å². The van der Waals surface area contributed by atoms with Crippen molar-refractivity contribution in [1.82, 2.24) is 15.1 Å². The first-order valence-electron chi connectivity index (χ1n) is 11.7. The number of nitrogens with one attached hydrogen (secondary N) is 1. The Morgan fingerprint density at radius 1 is 0.710 bits per heavy atom. The fourth-order valence-electron chi connectivity index (χ4n) is 4.38. The predicted octanol–water partition coefficient (Wildman–Crippen LogP) is 3.82. The van der Waals surface area contributed by atoms with Gasteiger partial charge in [0.1, 0.15) is 0 Å². The van der Waals surface area contributed by atoms with Crippen LogP contribution in [0.3, 0.4) is 0 Å².